The fourth-order valence-electron chi connectivity index (χ4n) is 7.58. The Balaban J connectivity index is 1.68. The number of ether oxygens (including phenoxy) is 1. The molecule has 2 bridgehead atoms. The summed E-state index contributed by atoms with van der Waals surface area (Å²) in [4.78, 5) is 46.2. The highest BCUT2D eigenvalue weighted by Gasteiger charge is 2.75. The molecule has 8 heteroatoms. The lowest BCUT2D eigenvalue weighted by atomic mass is 9.71. The first kappa shape index (κ1) is 30.2. The van der Waals surface area contributed by atoms with Crippen LogP contribution in [0.4, 0.5) is 0 Å². The summed E-state index contributed by atoms with van der Waals surface area (Å²) in [6.45, 7) is 12.3. The van der Waals surface area contributed by atoms with Crippen LogP contribution >= 0.6 is 11.8 Å². The van der Waals surface area contributed by atoms with Gasteiger partial charge in [-0.1, -0.05) is 51.7 Å². The van der Waals surface area contributed by atoms with Crippen molar-refractivity contribution in [2.75, 3.05) is 19.8 Å². The number of aliphatic hydroxyl groups excluding tert-OH is 1. The van der Waals surface area contributed by atoms with Crippen LogP contribution in [-0.2, 0) is 19.1 Å². The third-order valence-electron chi connectivity index (χ3n) is 9.76. The van der Waals surface area contributed by atoms with Gasteiger partial charge < -0.3 is 19.6 Å². The molecule has 1 spiro atoms. The molecule has 4 aliphatic rings. The lowest BCUT2D eigenvalue weighted by Gasteiger charge is -2.43. The van der Waals surface area contributed by atoms with E-state index in [1.807, 2.05) is 24.8 Å². The Morgan fingerprint density at radius 3 is 2.59 bits per heavy atom. The third kappa shape index (κ3) is 5.57. The predicted molar refractivity (Wildman–Crippen MR) is 155 cm³/mol. The highest BCUT2D eigenvalue weighted by atomic mass is 32.2. The molecule has 0 radical (unpaired) electrons. The summed E-state index contributed by atoms with van der Waals surface area (Å²) in [5.74, 6) is -1.62. The second-order valence-corrected chi connectivity index (χ2v) is 13.6. The van der Waals surface area contributed by atoms with E-state index in [4.69, 9.17) is 4.74 Å². The Kier molecular flexibility index (Phi) is 10.2. The standard InChI is InChI=1S/C31H48N2O5S/c1-5-8-9-13-19-38-30(37)25-24-16-17-31(39-24)26(25)28(35)33(23(20-34)21(4)7-3)27(31)29(36)32(18-6-2)22-14-11-10-12-15-22/h5-6,21-27,34H,1-2,7-20H2,3-4H3/t21-,23-,24-,25+,26-,27?,31?/m0/s1. The summed E-state index contributed by atoms with van der Waals surface area (Å²) in [5, 5.41) is 10.5. The predicted octanol–water partition coefficient (Wildman–Crippen LogP) is 4.73. The Morgan fingerprint density at radius 1 is 1.21 bits per heavy atom. The zero-order chi connectivity index (χ0) is 28.2. The molecule has 3 aliphatic heterocycles. The smallest absolute Gasteiger partial charge is 0.310 e. The molecule has 7 atom stereocenters. The average molecular weight is 561 g/mol. The number of fused-ring (bicyclic) bond motifs is 1. The largest absolute Gasteiger partial charge is 0.465 e. The van der Waals surface area contributed by atoms with Crippen LogP contribution in [0.3, 0.4) is 0 Å². The molecule has 4 rings (SSSR count). The van der Waals surface area contributed by atoms with E-state index >= 15 is 0 Å². The number of rotatable bonds is 14. The molecular formula is C31H48N2O5S. The molecule has 0 aromatic rings. The summed E-state index contributed by atoms with van der Waals surface area (Å²) in [5.41, 5.74) is 0. The van der Waals surface area contributed by atoms with Gasteiger partial charge in [-0.3, -0.25) is 14.4 Å². The van der Waals surface area contributed by atoms with Gasteiger partial charge >= 0.3 is 5.97 Å². The van der Waals surface area contributed by atoms with E-state index in [0.717, 1.165) is 64.2 Å². The van der Waals surface area contributed by atoms with E-state index in [1.54, 1.807) is 22.7 Å². The molecule has 0 aromatic heterocycles. The Bertz CT molecular complexity index is 921. The van der Waals surface area contributed by atoms with Gasteiger partial charge in [0.2, 0.25) is 11.8 Å². The minimum atomic E-state index is -0.691. The molecule has 3 saturated heterocycles. The Hall–Kier alpha value is -1.80. The van der Waals surface area contributed by atoms with Crippen molar-refractivity contribution in [1.29, 1.82) is 0 Å². The molecule has 1 saturated carbocycles. The molecule has 1 N–H and O–H groups in total. The number of aliphatic hydroxyl groups is 1. The van der Waals surface area contributed by atoms with Crippen molar-refractivity contribution in [3.05, 3.63) is 25.3 Å². The lowest BCUT2D eigenvalue weighted by Crippen LogP contribution is -2.60. The van der Waals surface area contributed by atoms with Gasteiger partial charge in [0.25, 0.3) is 0 Å². The first-order valence-corrected chi connectivity index (χ1v) is 16.0. The maximum Gasteiger partial charge on any atom is 0.310 e. The van der Waals surface area contributed by atoms with Crippen molar-refractivity contribution in [3.8, 4) is 0 Å². The average Bonchev–Trinajstić information content (AvgIpc) is 3.59. The van der Waals surface area contributed by atoms with Crippen LogP contribution in [0, 0.1) is 17.8 Å². The topological polar surface area (TPSA) is 87.2 Å². The quantitative estimate of drug-likeness (QED) is 0.188. The van der Waals surface area contributed by atoms with E-state index in [1.165, 1.54) is 6.42 Å². The number of unbranched alkanes of at least 4 members (excludes halogenated alkanes) is 2. The number of esters is 1. The van der Waals surface area contributed by atoms with Crippen molar-refractivity contribution in [1.82, 2.24) is 9.80 Å². The van der Waals surface area contributed by atoms with Crippen molar-refractivity contribution >= 4 is 29.5 Å². The van der Waals surface area contributed by atoms with Crippen LogP contribution in [0.25, 0.3) is 0 Å². The van der Waals surface area contributed by atoms with E-state index in [0.29, 0.717) is 13.2 Å². The Labute approximate surface area is 238 Å². The van der Waals surface area contributed by atoms with Crippen LogP contribution in [-0.4, -0.2) is 80.6 Å². The number of amides is 2. The molecule has 7 nitrogen and oxygen atoms in total. The van der Waals surface area contributed by atoms with E-state index in [-0.39, 0.29) is 41.6 Å². The van der Waals surface area contributed by atoms with Crippen molar-refractivity contribution in [2.24, 2.45) is 17.8 Å². The summed E-state index contributed by atoms with van der Waals surface area (Å²) in [7, 11) is 0. The van der Waals surface area contributed by atoms with Crippen molar-refractivity contribution < 1.29 is 24.2 Å². The molecule has 4 fully saturated rings. The highest BCUT2D eigenvalue weighted by molar-refractivity contribution is 8.02. The molecule has 2 unspecified atom stereocenters. The molecule has 39 heavy (non-hydrogen) atoms. The molecule has 2 amide bonds. The summed E-state index contributed by atoms with van der Waals surface area (Å²) in [6, 6.07) is -1.03. The lowest BCUT2D eigenvalue weighted by molar-refractivity contribution is -0.155. The molecule has 218 valence electrons. The number of hydrogen-bond acceptors (Lipinski definition) is 6. The second-order valence-electron chi connectivity index (χ2n) is 12.0. The summed E-state index contributed by atoms with van der Waals surface area (Å²) < 4.78 is 5.06. The van der Waals surface area contributed by atoms with Gasteiger partial charge in [-0.25, -0.2) is 0 Å². The van der Waals surface area contributed by atoms with E-state index in [2.05, 4.69) is 13.2 Å². The second kappa shape index (κ2) is 13.2. The number of nitrogens with zero attached hydrogens (tertiary/aromatic N) is 2. The number of carbonyl (C=O) groups excluding carboxylic acids is 3. The molecule has 1 aliphatic carbocycles. The van der Waals surface area contributed by atoms with Gasteiger partial charge in [0, 0.05) is 17.8 Å². The maximum atomic E-state index is 14.7. The fraction of sp³-hybridized carbons (Fsp3) is 0.774. The number of thioether (sulfide) groups is 1. The van der Waals surface area contributed by atoms with Crippen LogP contribution in [0.5, 0.6) is 0 Å². The SMILES string of the molecule is C=CCCCCOC(=O)[C@@H]1[C@@H]2CCC3(S2)C(C(=O)N(CC=C)C2CCCCC2)N([C@@H](CO)[C@@H](C)CC)C(=O)[C@H]13. The monoisotopic (exact) mass is 560 g/mol. The van der Waals surface area contributed by atoms with Gasteiger partial charge in [-0.15, -0.1) is 24.9 Å². The van der Waals surface area contributed by atoms with Crippen LogP contribution in [0.2, 0.25) is 0 Å². The van der Waals surface area contributed by atoms with Gasteiger partial charge in [0.05, 0.1) is 35.8 Å². The minimum Gasteiger partial charge on any atom is -0.465 e. The number of allylic oxidation sites excluding steroid dienone is 1. The normalized spacial score (nSPS) is 31.6. The van der Waals surface area contributed by atoms with Crippen molar-refractivity contribution in [2.45, 2.75) is 113 Å². The summed E-state index contributed by atoms with van der Waals surface area (Å²) >= 11 is 1.68. The zero-order valence-corrected chi connectivity index (χ0v) is 24.7. The summed E-state index contributed by atoms with van der Waals surface area (Å²) in [6.07, 6.45) is 13.8. The van der Waals surface area contributed by atoms with Crippen LogP contribution in [0.15, 0.2) is 25.3 Å². The van der Waals surface area contributed by atoms with Gasteiger partial charge in [0.15, 0.2) is 0 Å². The highest BCUT2D eigenvalue weighted by Crippen LogP contribution is 2.67. The Morgan fingerprint density at radius 2 is 1.95 bits per heavy atom. The molecule has 0 aromatic carbocycles. The van der Waals surface area contributed by atoms with Crippen LogP contribution in [0.1, 0.15) is 84.5 Å². The number of likely N-dealkylation sites (tertiary alicyclic amines) is 1. The first-order chi connectivity index (χ1) is 18.9. The molecular weight excluding hydrogens is 512 g/mol. The van der Waals surface area contributed by atoms with E-state index in [9.17, 15) is 19.5 Å². The van der Waals surface area contributed by atoms with E-state index < -0.39 is 28.7 Å². The fourth-order valence-corrected chi connectivity index (χ4v) is 9.76. The number of carbonyl (C=O) groups is 3. The zero-order valence-electron chi connectivity index (χ0n) is 23.9. The molecule has 3 heterocycles. The number of hydrogen-bond donors (Lipinski definition) is 1. The van der Waals surface area contributed by atoms with Gasteiger partial charge in [-0.2, -0.15) is 0 Å². The minimum absolute atomic E-state index is 0.0178. The first-order valence-electron chi connectivity index (χ1n) is 15.2. The maximum absolute atomic E-state index is 14.7. The van der Waals surface area contributed by atoms with Gasteiger partial charge in [-0.05, 0) is 50.9 Å². The van der Waals surface area contributed by atoms with Crippen molar-refractivity contribution in [3.63, 3.8) is 0 Å². The van der Waals surface area contributed by atoms with Crippen LogP contribution < -0.4 is 0 Å². The van der Waals surface area contributed by atoms with Gasteiger partial charge in [0.1, 0.15) is 6.04 Å². The third-order valence-corrected chi connectivity index (χ3v) is 11.7.